The number of pyridine rings is 1. The van der Waals surface area contributed by atoms with E-state index in [-0.39, 0.29) is 29.4 Å². The highest BCUT2D eigenvalue weighted by Crippen LogP contribution is 2.27. The first kappa shape index (κ1) is 18.3. The number of aromatic nitrogens is 1. The van der Waals surface area contributed by atoms with Crippen molar-refractivity contribution >= 4 is 17.5 Å². The molecule has 2 aromatic rings. The van der Waals surface area contributed by atoms with Crippen LogP contribution < -0.4 is 5.32 Å². The normalized spacial score (nSPS) is 11.0. The van der Waals surface area contributed by atoms with Crippen molar-refractivity contribution in [3.63, 3.8) is 0 Å². The van der Waals surface area contributed by atoms with E-state index in [0.717, 1.165) is 11.6 Å². The van der Waals surface area contributed by atoms with Gasteiger partial charge >= 0.3 is 11.7 Å². The fourth-order valence-corrected chi connectivity index (χ4v) is 2.27. The first-order valence-corrected chi connectivity index (χ1v) is 7.47. The van der Waals surface area contributed by atoms with Gasteiger partial charge in [0.25, 0.3) is 0 Å². The van der Waals surface area contributed by atoms with E-state index in [4.69, 9.17) is 0 Å². The van der Waals surface area contributed by atoms with E-state index in [2.05, 4.69) is 15.0 Å². The first-order valence-electron chi connectivity index (χ1n) is 7.47. The SMILES string of the molecule is COC(=O)c1cnc(NCC(C)(C)c2cccc(F)c2)c([N+](=O)[O-])c1. The van der Waals surface area contributed by atoms with Gasteiger partial charge < -0.3 is 10.1 Å². The minimum Gasteiger partial charge on any atom is -0.465 e. The lowest BCUT2D eigenvalue weighted by atomic mass is 9.84. The highest BCUT2D eigenvalue weighted by atomic mass is 19.1. The van der Waals surface area contributed by atoms with Gasteiger partial charge in [-0.3, -0.25) is 10.1 Å². The molecule has 0 unspecified atom stereocenters. The van der Waals surface area contributed by atoms with Crippen LogP contribution in [0.5, 0.6) is 0 Å². The third-order valence-electron chi connectivity index (χ3n) is 3.79. The zero-order valence-corrected chi connectivity index (χ0v) is 14.1. The van der Waals surface area contributed by atoms with Gasteiger partial charge in [0.2, 0.25) is 5.82 Å². The first-order chi connectivity index (χ1) is 11.7. The lowest BCUT2D eigenvalue weighted by molar-refractivity contribution is -0.384. The zero-order chi connectivity index (χ0) is 18.6. The molecule has 7 nitrogen and oxygen atoms in total. The summed E-state index contributed by atoms with van der Waals surface area (Å²) in [5.74, 6) is -1.03. The lowest BCUT2D eigenvalue weighted by Crippen LogP contribution is -2.28. The Labute approximate surface area is 144 Å². The lowest BCUT2D eigenvalue weighted by Gasteiger charge is -2.26. The van der Waals surface area contributed by atoms with E-state index in [1.54, 1.807) is 12.1 Å². The number of rotatable bonds is 6. The number of hydrogen-bond donors (Lipinski definition) is 1. The number of nitrogens with one attached hydrogen (secondary N) is 1. The average Bonchev–Trinajstić information content (AvgIpc) is 2.59. The number of methoxy groups -OCH3 is 1. The minimum absolute atomic E-state index is 0.0101. The van der Waals surface area contributed by atoms with E-state index in [1.807, 2.05) is 13.8 Å². The molecule has 132 valence electrons. The molecule has 1 aromatic heterocycles. The van der Waals surface area contributed by atoms with E-state index < -0.39 is 16.3 Å². The summed E-state index contributed by atoms with van der Waals surface area (Å²) in [6.45, 7) is 4.04. The van der Waals surface area contributed by atoms with Crippen molar-refractivity contribution in [1.82, 2.24) is 4.98 Å². The van der Waals surface area contributed by atoms with E-state index >= 15 is 0 Å². The van der Waals surface area contributed by atoms with Crippen LogP contribution in [-0.4, -0.2) is 29.5 Å². The third-order valence-corrected chi connectivity index (χ3v) is 3.79. The number of halogens is 1. The Hall–Kier alpha value is -3.03. The van der Waals surface area contributed by atoms with Crippen molar-refractivity contribution in [2.75, 3.05) is 19.0 Å². The smallest absolute Gasteiger partial charge is 0.339 e. The summed E-state index contributed by atoms with van der Waals surface area (Å²) in [6, 6.07) is 7.27. The minimum atomic E-state index is -0.706. The Bertz CT molecular complexity index is 808. The molecule has 0 fully saturated rings. The van der Waals surface area contributed by atoms with Crippen LogP contribution in [0.1, 0.15) is 29.8 Å². The molecule has 0 aliphatic heterocycles. The van der Waals surface area contributed by atoms with Gasteiger partial charge in [-0.25, -0.2) is 14.2 Å². The molecule has 8 heteroatoms. The third kappa shape index (κ3) is 4.28. The molecule has 0 saturated carbocycles. The largest absolute Gasteiger partial charge is 0.465 e. The van der Waals surface area contributed by atoms with Crippen molar-refractivity contribution in [2.45, 2.75) is 19.3 Å². The molecule has 0 saturated heterocycles. The number of anilines is 1. The van der Waals surface area contributed by atoms with Gasteiger partial charge in [-0.05, 0) is 17.7 Å². The topological polar surface area (TPSA) is 94.4 Å². The summed E-state index contributed by atoms with van der Waals surface area (Å²) in [7, 11) is 1.18. The number of nitro groups is 1. The molecule has 0 aliphatic carbocycles. The molecule has 0 amide bonds. The fraction of sp³-hybridized carbons (Fsp3) is 0.294. The molecule has 0 bridgehead atoms. The van der Waals surface area contributed by atoms with Crippen molar-refractivity contribution < 1.29 is 18.8 Å². The Morgan fingerprint density at radius 1 is 1.40 bits per heavy atom. The van der Waals surface area contributed by atoms with Gasteiger partial charge in [-0.1, -0.05) is 26.0 Å². The second kappa shape index (κ2) is 7.25. The summed E-state index contributed by atoms with van der Waals surface area (Å²) >= 11 is 0. The predicted octanol–water partition coefficient (Wildman–Crippen LogP) is 3.31. The summed E-state index contributed by atoms with van der Waals surface area (Å²) in [5, 5.41) is 14.2. The number of benzene rings is 1. The monoisotopic (exact) mass is 347 g/mol. The van der Waals surface area contributed by atoms with Gasteiger partial charge in [0, 0.05) is 24.2 Å². The van der Waals surface area contributed by atoms with Crippen LogP contribution in [0.15, 0.2) is 36.5 Å². The molecule has 0 spiro atoms. The standard InChI is InChI=1S/C17H18FN3O4/c1-17(2,12-5-4-6-13(18)8-12)10-20-15-14(21(23)24)7-11(9-19-15)16(22)25-3/h4-9H,10H2,1-3H3,(H,19,20). The average molecular weight is 347 g/mol. The zero-order valence-electron chi connectivity index (χ0n) is 14.1. The molecule has 1 N–H and O–H groups in total. The summed E-state index contributed by atoms with van der Waals surface area (Å²) in [5.41, 5.74) is -0.102. The molecule has 1 heterocycles. The van der Waals surface area contributed by atoms with Gasteiger partial charge in [-0.2, -0.15) is 0 Å². The van der Waals surface area contributed by atoms with Crippen molar-refractivity contribution in [1.29, 1.82) is 0 Å². The molecule has 0 aliphatic rings. The maximum absolute atomic E-state index is 13.4. The van der Waals surface area contributed by atoms with Crippen LogP contribution in [-0.2, 0) is 10.2 Å². The van der Waals surface area contributed by atoms with Crippen LogP contribution in [0.3, 0.4) is 0 Å². The number of carbonyl (C=O) groups excluding carboxylic acids is 1. The highest BCUT2D eigenvalue weighted by molar-refractivity contribution is 5.90. The maximum atomic E-state index is 13.4. The number of nitrogens with zero attached hydrogens (tertiary/aromatic N) is 2. The quantitative estimate of drug-likeness (QED) is 0.489. The van der Waals surface area contributed by atoms with Crippen LogP contribution in [0, 0.1) is 15.9 Å². The van der Waals surface area contributed by atoms with Crippen LogP contribution in [0.4, 0.5) is 15.9 Å². The molecule has 2 rings (SSSR count). The van der Waals surface area contributed by atoms with Gasteiger partial charge in [-0.15, -0.1) is 0 Å². The molecule has 25 heavy (non-hydrogen) atoms. The summed E-state index contributed by atoms with van der Waals surface area (Å²) < 4.78 is 18.0. The molecule has 0 radical (unpaired) electrons. The van der Waals surface area contributed by atoms with Crippen LogP contribution >= 0.6 is 0 Å². The van der Waals surface area contributed by atoms with Crippen molar-refractivity contribution in [3.8, 4) is 0 Å². The van der Waals surface area contributed by atoms with Crippen molar-refractivity contribution in [3.05, 3.63) is 63.6 Å². The Morgan fingerprint density at radius 3 is 2.72 bits per heavy atom. The summed E-state index contributed by atoms with van der Waals surface area (Å²) in [4.78, 5) is 26.1. The number of ether oxygens (including phenoxy) is 1. The Balaban J connectivity index is 2.25. The second-order valence-electron chi connectivity index (χ2n) is 6.09. The van der Waals surface area contributed by atoms with Gasteiger partial charge in [0.05, 0.1) is 17.6 Å². The van der Waals surface area contributed by atoms with Gasteiger partial charge in [0.15, 0.2) is 0 Å². The molecule has 1 aromatic carbocycles. The van der Waals surface area contributed by atoms with E-state index in [1.165, 1.54) is 25.4 Å². The number of esters is 1. The number of carbonyl (C=O) groups is 1. The van der Waals surface area contributed by atoms with E-state index in [9.17, 15) is 19.3 Å². The Morgan fingerprint density at radius 2 is 2.12 bits per heavy atom. The molecule has 0 atom stereocenters. The van der Waals surface area contributed by atoms with Crippen LogP contribution in [0.2, 0.25) is 0 Å². The van der Waals surface area contributed by atoms with Crippen molar-refractivity contribution in [2.24, 2.45) is 0 Å². The predicted molar refractivity (Wildman–Crippen MR) is 90.1 cm³/mol. The van der Waals surface area contributed by atoms with Gasteiger partial charge in [0.1, 0.15) is 5.82 Å². The Kier molecular flexibility index (Phi) is 5.31. The number of hydrogen-bond acceptors (Lipinski definition) is 6. The fourth-order valence-electron chi connectivity index (χ4n) is 2.27. The highest BCUT2D eigenvalue weighted by Gasteiger charge is 2.24. The molecular formula is C17H18FN3O4. The van der Waals surface area contributed by atoms with E-state index in [0.29, 0.717) is 0 Å². The molecular weight excluding hydrogens is 329 g/mol. The summed E-state index contributed by atoms with van der Waals surface area (Å²) in [6.07, 6.45) is 1.20. The van der Waals surface area contributed by atoms with Crippen LogP contribution in [0.25, 0.3) is 0 Å². The second-order valence-corrected chi connectivity index (χ2v) is 6.09. The maximum Gasteiger partial charge on any atom is 0.339 e.